The number of piperidine rings is 2. The molecule has 228 valence electrons. The maximum atomic E-state index is 12.9. The van der Waals surface area contributed by atoms with Gasteiger partial charge in [-0.05, 0) is 121 Å². The SMILES string of the molecule is C=C/C=C(\C=C(/C)Cl)CC1CCN(CCCNC(=O)C2CCN(Cc3nc(C4=CCC=CC(Cl)=C4)oc3C)CC2)CC1. The summed E-state index contributed by atoms with van der Waals surface area (Å²) in [6.45, 7) is 14.2. The fourth-order valence-electron chi connectivity index (χ4n) is 6.03. The van der Waals surface area contributed by atoms with Gasteiger partial charge in [-0.3, -0.25) is 9.69 Å². The molecule has 2 fully saturated rings. The van der Waals surface area contributed by atoms with Gasteiger partial charge in [-0.2, -0.15) is 0 Å². The number of aryl methyl sites for hydroxylation is 1. The van der Waals surface area contributed by atoms with Crippen molar-refractivity contribution < 1.29 is 9.21 Å². The van der Waals surface area contributed by atoms with Crippen LogP contribution in [0.15, 0.2) is 69.2 Å². The monoisotopic (exact) mass is 612 g/mol. The van der Waals surface area contributed by atoms with Crippen molar-refractivity contribution in [2.45, 2.75) is 65.3 Å². The molecule has 1 aromatic rings. The molecule has 4 rings (SSSR count). The molecule has 6 nitrogen and oxygen atoms in total. The number of hydrogen-bond acceptors (Lipinski definition) is 5. The van der Waals surface area contributed by atoms with Crippen LogP contribution in [0.25, 0.3) is 5.57 Å². The van der Waals surface area contributed by atoms with E-state index in [0.717, 1.165) is 100.0 Å². The van der Waals surface area contributed by atoms with E-state index in [9.17, 15) is 4.79 Å². The maximum absolute atomic E-state index is 12.9. The van der Waals surface area contributed by atoms with Crippen molar-refractivity contribution >= 4 is 34.7 Å². The van der Waals surface area contributed by atoms with Gasteiger partial charge in [0.1, 0.15) is 5.76 Å². The van der Waals surface area contributed by atoms with Gasteiger partial charge in [0, 0.05) is 34.6 Å². The Morgan fingerprint density at radius 1 is 1.19 bits per heavy atom. The maximum Gasteiger partial charge on any atom is 0.226 e. The first-order valence-electron chi connectivity index (χ1n) is 15.4. The Kier molecular flexibility index (Phi) is 12.8. The summed E-state index contributed by atoms with van der Waals surface area (Å²) in [6.07, 6.45) is 20.9. The zero-order valence-electron chi connectivity index (χ0n) is 25.2. The lowest BCUT2D eigenvalue weighted by Crippen LogP contribution is -2.41. The fraction of sp³-hybridized carbons (Fsp3) is 0.529. The quantitative estimate of drug-likeness (QED) is 0.195. The summed E-state index contributed by atoms with van der Waals surface area (Å²) in [5.74, 6) is 2.44. The molecule has 0 atom stereocenters. The molecule has 2 aliphatic heterocycles. The van der Waals surface area contributed by atoms with Gasteiger partial charge in [0.15, 0.2) is 0 Å². The third-order valence-electron chi connectivity index (χ3n) is 8.41. The number of carbonyl (C=O) groups excluding carboxylic acids is 1. The highest BCUT2D eigenvalue weighted by molar-refractivity contribution is 6.32. The Labute approximate surface area is 261 Å². The minimum Gasteiger partial charge on any atom is -0.441 e. The van der Waals surface area contributed by atoms with Gasteiger partial charge in [-0.25, -0.2) is 4.98 Å². The lowest BCUT2D eigenvalue weighted by atomic mass is 9.89. The molecule has 3 heterocycles. The molecule has 0 spiro atoms. The van der Waals surface area contributed by atoms with Crippen LogP contribution in [0, 0.1) is 18.8 Å². The molecule has 0 saturated carbocycles. The summed E-state index contributed by atoms with van der Waals surface area (Å²) in [5, 5.41) is 4.70. The van der Waals surface area contributed by atoms with Crippen molar-refractivity contribution in [3.8, 4) is 0 Å². The molecular weight excluding hydrogens is 567 g/mol. The molecule has 1 amide bonds. The van der Waals surface area contributed by atoms with Gasteiger partial charge in [0.05, 0.1) is 5.69 Å². The number of oxazole rings is 1. The number of allylic oxidation sites excluding steroid dienone is 11. The predicted molar refractivity (Wildman–Crippen MR) is 174 cm³/mol. The smallest absolute Gasteiger partial charge is 0.226 e. The molecule has 1 aromatic heterocycles. The van der Waals surface area contributed by atoms with Crippen LogP contribution >= 0.6 is 23.2 Å². The number of nitrogens with zero attached hydrogens (tertiary/aromatic N) is 3. The van der Waals surface area contributed by atoms with E-state index in [4.69, 9.17) is 32.6 Å². The molecule has 0 unspecified atom stereocenters. The molecular formula is C34H46Cl2N4O2. The van der Waals surface area contributed by atoms with Crippen LogP contribution in [-0.2, 0) is 11.3 Å². The fourth-order valence-corrected chi connectivity index (χ4v) is 6.38. The van der Waals surface area contributed by atoms with E-state index < -0.39 is 0 Å². The standard InChI is InChI=1S/C34H46Cl2N4O2/c1-4-8-28(21-25(2)35)22-27-11-17-39(18-12-27)16-7-15-37-33(41)29-13-19-40(20-14-29)24-32-26(3)42-34(38-32)30-9-5-6-10-31(36)23-30/h4,6,8-10,21,23,27,29H,1,5,7,11-20,22,24H2,2-3H3,(H,37,41)/b25-21+,28-8+. The Hall–Kier alpha value is -2.38. The zero-order chi connectivity index (χ0) is 29.9. The summed E-state index contributed by atoms with van der Waals surface area (Å²) < 4.78 is 5.98. The van der Waals surface area contributed by atoms with Crippen molar-refractivity contribution in [2.24, 2.45) is 11.8 Å². The van der Waals surface area contributed by atoms with Crippen LogP contribution in [0.5, 0.6) is 0 Å². The number of aromatic nitrogens is 1. The van der Waals surface area contributed by atoms with E-state index >= 15 is 0 Å². The number of halogens is 2. The normalized spacial score (nSPS) is 20.3. The summed E-state index contributed by atoms with van der Waals surface area (Å²) in [7, 11) is 0. The molecule has 1 aliphatic carbocycles. The Bertz CT molecular complexity index is 1220. The van der Waals surface area contributed by atoms with Gasteiger partial charge < -0.3 is 14.6 Å². The molecule has 0 aromatic carbocycles. The highest BCUT2D eigenvalue weighted by Gasteiger charge is 2.26. The second kappa shape index (κ2) is 16.5. The highest BCUT2D eigenvalue weighted by Crippen LogP contribution is 2.27. The number of nitrogens with one attached hydrogen (secondary N) is 1. The molecule has 2 saturated heterocycles. The van der Waals surface area contributed by atoms with Crippen LogP contribution in [-0.4, -0.2) is 60.0 Å². The summed E-state index contributed by atoms with van der Waals surface area (Å²) in [6, 6.07) is 0. The third-order valence-corrected chi connectivity index (χ3v) is 8.76. The lowest BCUT2D eigenvalue weighted by Gasteiger charge is -2.32. The Balaban J connectivity index is 1.11. The van der Waals surface area contributed by atoms with E-state index in [1.807, 2.05) is 38.2 Å². The predicted octanol–water partition coefficient (Wildman–Crippen LogP) is 7.52. The number of likely N-dealkylation sites (tertiary alicyclic amines) is 2. The summed E-state index contributed by atoms with van der Waals surface area (Å²) in [5.41, 5.74) is 3.13. The van der Waals surface area contributed by atoms with Crippen molar-refractivity contribution in [2.75, 3.05) is 39.3 Å². The van der Waals surface area contributed by atoms with Gasteiger partial charge in [-0.1, -0.05) is 54.1 Å². The Morgan fingerprint density at radius 2 is 1.93 bits per heavy atom. The van der Waals surface area contributed by atoms with E-state index in [-0.39, 0.29) is 11.8 Å². The van der Waals surface area contributed by atoms with Gasteiger partial charge in [0.2, 0.25) is 11.8 Å². The van der Waals surface area contributed by atoms with Crippen molar-refractivity contribution in [1.29, 1.82) is 0 Å². The second-order valence-electron chi connectivity index (χ2n) is 11.7. The lowest BCUT2D eigenvalue weighted by molar-refractivity contribution is -0.126. The molecule has 1 N–H and O–H groups in total. The van der Waals surface area contributed by atoms with Gasteiger partial charge in [0.25, 0.3) is 0 Å². The number of hydrogen-bond donors (Lipinski definition) is 1. The first kappa shape index (κ1) is 32.5. The summed E-state index contributed by atoms with van der Waals surface area (Å²) in [4.78, 5) is 22.5. The van der Waals surface area contributed by atoms with Gasteiger partial charge in [-0.15, -0.1) is 0 Å². The van der Waals surface area contributed by atoms with Crippen LogP contribution in [0.4, 0.5) is 0 Å². The average Bonchev–Trinajstić information content (AvgIpc) is 3.18. The van der Waals surface area contributed by atoms with Crippen LogP contribution in [0.3, 0.4) is 0 Å². The van der Waals surface area contributed by atoms with Gasteiger partial charge >= 0.3 is 0 Å². The topological polar surface area (TPSA) is 61.6 Å². The van der Waals surface area contributed by atoms with Crippen molar-refractivity contribution in [1.82, 2.24) is 20.1 Å². The first-order valence-corrected chi connectivity index (χ1v) is 16.1. The Morgan fingerprint density at radius 3 is 2.64 bits per heavy atom. The molecule has 0 radical (unpaired) electrons. The van der Waals surface area contributed by atoms with E-state index in [0.29, 0.717) is 16.8 Å². The second-order valence-corrected chi connectivity index (χ2v) is 12.8. The molecule has 0 bridgehead atoms. The number of carbonyl (C=O) groups is 1. The summed E-state index contributed by atoms with van der Waals surface area (Å²) >= 11 is 12.3. The van der Waals surface area contributed by atoms with E-state index in [1.165, 1.54) is 18.4 Å². The molecule has 42 heavy (non-hydrogen) atoms. The minimum atomic E-state index is 0.0883. The van der Waals surface area contributed by atoms with Crippen LogP contribution in [0.1, 0.15) is 69.2 Å². The zero-order valence-corrected chi connectivity index (χ0v) is 26.7. The average molecular weight is 614 g/mol. The van der Waals surface area contributed by atoms with Crippen LogP contribution in [0.2, 0.25) is 0 Å². The number of amides is 1. The first-order chi connectivity index (χ1) is 20.3. The third kappa shape index (κ3) is 10.1. The molecule has 3 aliphatic rings. The van der Waals surface area contributed by atoms with Crippen LogP contribution < -0.4 is 5.32 Å². The van der Waals surface area contributed by atoms with Crippen molar-refractivity contribution in [3.05, 3.63) is 82.1 Å². The highest BCUT2D eigenvalue weighted by atomic mass is 35.5. The van der Waals surface area contributed by atoms with E-state index in [2.05, 4.69) is 39.9 Å². The van der Waals surface area contributed by atoms with Crippen molar-refractivity contribution in [3.63, 3.8) is 0 Å². The minimum absolute atomic E-state index is 0.0883. The largest absolute Gasteiger partial charge is 0.441 e. The molecule has 8 heteroatoms. The number of rotatable bonds is 12. The van der Waals surface area contributed by atoms with E-state index in [1.54, 1.807) is 0 Å².